The third-order valence-electron chi connectivity index (χ3n) is 3.91. The molecule has 1 aromatic heterocycles. The second kappa shape index (κ2) is 10.0. The third-order valence-corrected chi connectivity index (χ3v) is 6.56. The third kappa shape index (κ3) is 5.31. The first-order valence-corrected chi connectivity index (χ1v) is 11.1. The van der Waals surface area contributed by atoms with Crippen LogP contribution in [-0.2, 0) is 9.09 Å². The molecule has 0 fully saturated rings. The number of aromatic hydroxyl groups is 1. The Hall–Kier alpha value is -1.95. The standard InChI is InChI=1S/C19H26ClN2O5P/c1-5-17(22-19-15(20)9-8-10-21-19)28(24,26-7-3)27-14-11-13(4)18(23)16(12-14)25-6-2/h8-12,17,23H,5-7H2,1-4H3,(H,21,22). The van der Waals surface area contributed by atoms with Gasteiger partial charge in [0.15, 0.2) is 11.5 Å². The lowest BCUT2D eigenvalue weighted by molar-refractivity contribution is 0.270. The molecule has 2 aromatic rings. The van der Waals surface area contributed by atoms with E-state index >= 15 is 0 Å². The van der Waals surface area contributed by atoms with Crippen molar-refractivity contribution >= 4 is 25.0 Å². The molecule has 2 atom stereocenters. The number of phenolic OH excluding ortho intramolecular Hbond substituents is 1. The maximum Gasteiger partial charge on any atom is 0.401 e. The van der Waals surface area contributed by atoms with Crippen LogP contribution in [0.15, 0.2) is 30.5 Å². The van der Waals surface area contributed by atoms with Gasteiger partial charge < -0.3 is 19.7 Å². The van der Waals surface area contributed by atoms with E-state index in [1.54, 1.807) is 45.2 Å². The number of hydrogen-bond acceptors (Lipinski definition) is 7. The van der Waals surface area contributed by atoms with Crippen molar-refractivity contribution < 1.29 is 23.5 Å². The Morgan fingerprint density at radius 1 is 1.29 bits per heavy atom. The number of aryl methyl sites for hydroxylation is 1. The molecule has 1 aromatic carbocycles. The van der Waals surface area contributed by atoms with Crippen LogP contribution in [0.2, 0.25) is 5.02 Å². The highest BCUT2D eigenvalue weighted by atomic mass is 35.5. The Labute approximate surface area is 170 Å². The minimum absolute atomic E-state index is 0.0193. The molecule has 0 aliphatic heterocycles. The maximum absolute atomic E-state index is 13.6. The number of ether oxygens (including phenoxy) is 1. The molecule has 0 bridgehead atoms. The van der Waals surface area contributed by atoms with Gasteiger partial charge in [-0.3, -0.25) is 4.52 Å². The summed E-state index contributed by atoms with van der Waals surface area (Å²) in [5, 5.41) is 13.6. The molecule has 0 saturated heterocycles. The van der Waals surface area contributed by atoms with Gasteiger partial charge in [-0.1, -0.05) is 18.5 Å². The number of nitrogens with zero attached hydrogens (tertiary/aromatic N) is 1. The second-order valence-electron chi connectivity index (χ2n) is 5.97. The van der Waals surface area contributed by atoms with E-state index in [2.05, 4.69) is 10.3 Å². The van der Waals surface area contributed by atoms with E-state index in [1.807, 2.05) is 6.92 Å². The second-order valence-corrected chi connectivity index (χ2v) is 8.52. The Kier molecular flexibility index (Phi) is 7.98. The molecule has 1 heterocycles. The summed E-state index contributed by atoms with van der Waals surface area (Å²) in [6.07, 6.45) is 2.03. The van der Waals surface area contributed by atoms with Crippen molar-refractivity contribution in [3.63, 3.8) is 0 Å². The van der Waals surface area contributed by atoms with Gasteiger partial charge in [0, 0.05) is 12.3 Å². The first kappa shape index (κ1) is 22.3. The Balaban J connectivity index is 2.36. The Morgan fingerprint density at radius 3 is 2.64 bits per heavy atom. The fourth-order valence-electron chi connectivity index (χ4n) is 2.59. The van der Waals surface area contributed by atoms with Crippen LogP contribution in [0.3, 0.4) is 0 Å². The summed E-state index contributed by atoms with van der Waals surface area (Å²) in [5.41, 5.74) is 0.540. The SMILES string of the molecule is CCOc1cc(OP(=O)(OCC)C(CC)Nc2ncccc2Cl)cc(C)c1O. The van der Waals surface area contributed by atoms with Gasteiger partial charge in [-0.25, -0.2) is 9.55 Å². The van der Waals surface area contributed by atoms with E-state index in [4.69, 9.17) is 25.4 Å². The van der Waals surface area contributed by atoms with Crippen molar-refractivity contribution in [2.75, 3.05) is 18.5 Å². The molecule has 0 aliphatic rings. The fourth-order valence-corrected chi connectivity index (χ4v) is 4.62. The van der Waals surface area contributed by atoms with Crippen LogP contribution in [0.5, 0.6) is 17.2 Å². The van der Waals surface area contributed by atoms with Crippen molar-refractivity contribution in [2.24, 2.45) is 0 Å². The first-order chi connectivity index (χ1) is 13.3. The number of rotatable bonds is 10. The zero-order chi connectivity index (χ0) is 20.7. The fraction of sp³-hybridized carbons (Fsp3) is 0.421. The average molecular weight is 429 g/mol. The molecule has 9 heteroatoms. The predicted octanol–water partition coefficient (Wildman–Crippen LogP) is 5.60. The minimum atomic E-state index is -3.66. The largest absolute Gasteiger partial charge is 0.504 e. The number of hydrogen-bond donors (Lipinski definition) is 2. The van der Waals surface area contributed by atoms with Gasteiger partial charge >= 0.3 is 7.60 Å². The summed E-state index contributed by atoms with van der Waals surface area (Å²) < 4.78 is 30.4. The lowest BCUT2D eigenvalue weighted by atomic mass is 10.2. The van der Waals surface area contributed by atoms with Crippen LogP contribution in [0.1, 0.15) is 32.8 Å². The van der Waals surface area contributed by atoms with Crippen LogP contribution in [0, 0.1) is 6.92 Å². The lowest BCUT2D eigenvalue weighted by Gasteiger charge is -2.27. The molecule has 2 rings (SSSR count). The first-order valence-electron chi connectivity index (χ1n) is 9.11. The number of benzene rings is 1. The number of pyridine rings is 1. The van der Waals surface area contributed by atoms with Gasteiger partial charge in [-0.05, 0) is 51.0 Å². The van der Waals surface area contributed by atoms with Gasteiger partial charge in [0.2, 0.25) is 0 Å². The van der Waals surface area contributed by atoms with Crippen LogP contribution >= 0.6 is 19.2 Å². The molecule has 0 radical (unpaired) electrons. The number of halogens is 1. The van der Waals surface area contributed by atoms with Gasteiger partial charge in [0.1, 0.15) is 17.4 Å². The summed E-state index contributed by atoms with van der Waals surface area (Å²) >= 11 is 6.17. The minimum Gasteiger partial charge on any atom is -0.504 e. The quantitative estimate of drug-likeness (QED) is 0.475. The van der Waals surface area contributed by atoms with Crippen molar-refractivity contribution in [3.8, 4) is 17.2 Å². The van der Waals surface area contributed by atoms with Crippen molar-refractivity contribution in [3.05, 3.63) is 41.0 Å². The highest BCUT2D eigenvalue weighted by Crippen LogP contribution is 2.55. The monoisotopic (exact) mass is 428 g/mol. The molecule has 0 aliphatic carbocycles. The van der Waals surface area contributed by atoms with E-state index in [0.717, 1.165) is 0 Å². The molecule has 0 saturated carbocycles. The van der Waals surface area contributed by atoms with Crippen LogP contribution in [0.4, 0.5) is 5.82 Å². The number of nitrogens with one attached hydrogen (secondary N) is 1. The highest BCUT2D eigenvalue weighted by Gasteiger charge is 2.37. The van der Waals surface area contributed by atoms with E-state index in [9.17, 15) is 9.67 Å². The molecule has 0 spiro atoms. The predicted molar refractivity (Wildman–Crippen MR) is 111 cm³/mol. The van der Waals surface area contributed by atoms with Gasteiger partial charge in [0.25, 0.3) is 0 Å². The van der Waals surface area contributed by atoms with Crippen molar-refractivity contribution in [1.29, 1.82) is 0 Å². The smallest absolute Gasteiger partial charge is 0.401 e. The summed E-state index contributed by atoms with van der Waals surface area (Å²) in [6, 6.07) is 6.48. The Bertz CT molecular complexity index is 849. The zero-order valence-corrected chi connectivity index (χ0v) is 18.1. The van der Waals surface area contributed by atoms with E-state index in [1.165, 1.54) is 6.07 Å². The number of anilines is 1. The molecule has 154 valence electrons. The molecule has 2 N–H and O–H groups in total. The van der Waals surface area contributed by atoms with Crippen molar-refractivity contribution in [2.45, 2.75) is 39.9 Å². The van der Waals surface area contributed by atoms with E-state index < -0.39 is 13.4 Å². The summed E-state index contributed by atoms with van der Waals surface area (Å²) in [7, 11) is -3.66. The molecule has 0 amide bonds. The topological polar surface area (TPSA) is 89.9 Å². The highest BCUT2D eigenvalue weighted by molar-refractivity contribution is 7.55. The normalized spacial score (nSPS) is 14.2. The zero-order valence-electron chi connectivity index (χ0n) is 16.4. The molecule has 2 unspecified atom stereocenters. The lowest BCUT2D eigenvalue weighted by Crippen LogP contribution is -2.24. The van der Waals surface area contributed by atoms with Crippen LogP contribution < -0.4 is 14.6 Å². The summed E-state index contributed by atoms with van der Waals surface area (Å²) in [5.74, 6) is 0.282. The summed E-state index contributed by atoms with van der Waals surface area (Å²) in [6.45, 7) is 7.68. The van der Waals surface area contributed by atoms with Crippen molar-refractivity contribution in [1.82, 2.24) is 4.98 Å². The van der Waals surface area contributed by atoms with E-state index in [-0.39, 0.29) is 23.9 Å². The van der Waals surface area contributed by atoms with Gasteiger partial charge in [0.05, 0.1) is 18.2 Å². The van der Waals surface area contributed by atoms with Gasteiger partial charge in [-0.2, -0.15) is 0 Å². The maximum atomic E-state index is 13.6. The van der Waals surface area contributed by atoms with Crippen LogP contribution in [-0.4, -0.2) is 29.1 Å². The molecular formula is C19H26ClN2O5P. The number of aromatic nitrogens is 1. The summed E-state index contributed by atoms with van der Waals surface area (Å²) in [4.78, 5) is 4.18. The molecule has 7 nitrogen and oxygen atoms in total. The number of phenols is 1. The van der Waals surface area contributed by atoms with Crippen LogP contribution in [0.25, 0.3) is 0 Å². The van der Waals surface area contributed by atoms with E-state index in [0.29, 0.717) is 29.4 Å². The van der Waals surface area contributed by atoms with Gasteiger partial charge in [-0.15, -0.1) is 0 Å². The molecular weight excluding hydrogens is 403 g/mol. The molecule has 28 heavy (non-hydrogen) atoms. The Morgan fingerprint density at radius 2 is 2.04 bits per heavy atom. The average Bonchev–Trinajstić information content (AvgIpc) is 2.65.